The predicted molar refractivity (Wildman–Crippen MR) is 87.6 cm³/mol. The Morgan fingerprint density at radius 1 is 1.25 bits per heavy atom. The van der Waals surface area contributed by atoms with Gasteiger partial charge in [0.1, 0.15) is 5.82 Å². The first-order chi connectivity index (χ1) is 11.7. The molecule has 24 heavy (non-hydrogen) atoms. The molecule has 6 nitrogen and oxygen atoms in total. The summed E-state index contributed by atoms with van der Waals surface area (Å²) >= 11 is 0. The van der Waals surface area contributed by atoms with Crippen molar-refractivity contribution in [1.82, 2.24) is 4.98 Å². The maximum Gasteiger partial charge on any atom is 0.236 e. The molecular weight excluding hydrogens is 306 g/mol. The SMILES string of the molecule is CC#N.O=C(Nc1ccccn1)C1(c2ccc3c(c2)OCO3)CC1. The van der Waals surface area contributed by atoms with E-state index in [4.69, 9.17) is 14.7 Å². The van der Waals surface area contributed by atoms with Crippen molar-refractivity contribution in [1.29, 1.82) is 5.26 Å². The van der Waals surface area contributed by atoms with Gasteiger partial charge in [-0.2, -0.15) is 5.26 Å². The van der Waals surface area contributed by atoms with Crippen LogP contribution in [0.25, 0.3) is 0 Å². The van der Waals surface area contributed by atoms with Crippen LogP contribution >= 0.6 is 0 Å². The van der Waals surface area contributed by atoms with Crippen LogP contribution in [0.4, 0.5) is 5.82 Å². The van der Waals surface area contributed by atoms with E-state index in [1.54, 1.807) is 18.3 Å². The largest absolute Gasteiger partial charge is 0.454 e. The Morgan fingerprint density at radius 2 is 2.00 bits per heavy atom. The topological polar surface area (TPSA) is 84.2 Å². The number of nitrogens with zero attached hydrogens (tertiary/aromatic N) is 2. The zero-order chi connectivity index (χ0) is 17.0. The van der Waals surface area contributed by atoms with Gasteiger partial charge in [0.2, 0.25) is 12.7 Å². The van der Waals surface area contributed by atoms with Gasteiger partial charge >= 0.3 is 0 Å². The number of carbonyl (C=O) groups excluding carboxylic acids is 1. The molecule has 2 aliphatic rings. The molecule has 2 heterocycles. The second kappa shape index (κ2) is 6.59. The summed E-state index contributed by atoms with van der Waals surface area (Å²) in [7, 11) is 0. The summed E-state index contributed by atoms with van der Waals surface area (Å²) in [5.74, 6) is 2.01. The fraction of sp³-hybridized carbons (Fsp3) is 0.278. The normalized spacial score (nSPS) is 15.5. The molecule has 0 saturated heterocycles. The molecule has 1 aliphatic carbocycles. The Bertz CT molecular complexity index is 780. The molecular formula is C18H17N3O3. The number of ether oxygens (including phenoxy) is 2. The lowest BCUT2D eigenvalue weighted by Gasteiger charge is -2.15. The number of nitrogens with one attached hydrogen (secondary N) is 1. The van der Waals surface area contributed by atoms with Crippen molar-refractivity contribution in [3.63, 3.8) is 0 Å². The number of benzene rings is 1. The van der Waals surface area contributed by atoms with Gasteiger partial charge in [-0.15, -0.1) is 0 Å². The van der Waals surface area contributed by atoms with Crippen LogP contribution in [0.5, 0.6) is 11.5 Å². The number of hydrogen-bond donors (Lipinski definition) is 1. The van der Waals surface area contributed by atoms with Gasteiger partial charge in [-0.25, -0.2) is 4.98 Å². The summed E-state index contributed by atoms with van der Waals surface area (Å²) in [6.07, 6.45) is 3.34. The molecule has 0 unspecified atom stereocenters. The van der Waals surface area contributed by atoms with E-state index in [9.17, 15) is 4.79 Å². The minimum Gasteiger partial charge on any atom is -0.454 e. The minimum atomic E-state index is -0.460. The van der Waals surface area contributed by atoms with Crippen LogP contribution in [0, 0.1) is 11.3 Å². The quantitative estimate of drug-likeness (QED) is 0.938. The molecule has 1 saturated carbocycles. The molecule has 1 amide bonds. The van der Waals surface area contributed by atoms with Crippen molar-refractivity contribution < 1.29 is 14.3 Å². The summed E-state index contributed by atoms with van der Waals surface area (Å²) in [6.45, 7) is 1.67. The van der Waals surface area contributed by atoms with E-state index in [0.29, 0.717) is 11.6 Å². The van der Waals surface area contributed by atoms with E-state index in [1.165, 1.54) is 6.92 Å². The minimum absolute atomic E-state index is 0.0138. The van der Waals surface area contributed by atoms with E-state index >= 15 is 0 Å². The van der Waals surface area contributed by atoms with Crippen LogP contribution in [0.2, 0.25) is 0 Å². The van der Waals surface area contributed by atoms with Crippen molar-refractivity contribution in [2.45, 2.75) is 25.2 Å². The molecule has 1 aromatic carbocycles. The highest BCUT2D eigenvalue weighted by molar-refractivity contribution is 6.00. The molecule has 1 aliphatic heterocycles. The van der Waals surface area contributed by atoms with E-state index < -0.39 is 5.41 Å². The maximum absolute atomic E-state index is 12.6. The Morgan fingerprint density at radius 3 is 2.67 bits per heavy atom. The van der Waals surface area contributed by atoms with Gasteiger partial charge in [-0.05, 0) is 42.7 Å². The molecule has 1 aromatic heterocycles. The number of rotatable bonds is 3. The Kier molecular flexibility index (Phi) is 4.34. The van der Waals surface area contributed by atoms with Gasteiger partial charge in [0.05, 0.1) is 11.5 Å². The van der Waals surface area contributed by atoms with Crippen LogP contribution in [-0.2, 0) is 10.2 Å². The molecule has 1 N–H and O–H groups in total. The van der Waals surface area contributed by atoms with E-state index in [0.717, 1.165) is 24.2 Å². The number of carbonyl (C=O) groups is 1. The van der Waals surface area contributed by atoms with Crippen molar-refractivity contribution in [2.24, 2.45) is 0 Å². The molecule has 6 heteroatoms. The van der Waals surface area contributed by atoms with E-state index in [-0.39, 0.29) is 12.7 Å². The second-order valence-electron chi connectivity index (χ2n) is 5.54. The van der Waals surface area contributed by atoms with Gasteiger partial charge in [-0.1, -0.05) is 12.1 Å². The van der Waals surface area contributed by atoms with Gasteiger partial charge < -0.3 is 14.8 Å². The van der Waals surface area contributed by atoms with Gasteiger partial charge in [0.25, 0.3) is 0 Å². The number of hydrogen-bond acceptors (Lipinski definition) is 5. The Hall–Kier alpha value is -3.07. The second-order valence-corrected chi connectivity index (χ2v) is 5.54. The summed E-state index contributed by atoms with van der Waals surface area (Å²) in [5, 5.41) is 10.2. The zero-order valence-electron chi connectivity index (χ0n) is 13.3. The van der Waals surface area contributed by atoms with Crippen molar-refractivity contribution in [3.8, 4) is 17.6 Å². The fourth-order valence-corrected chi connectivity index (χ4v) is 2.64. The number of anilines is 1. The fourth-order valence-electron chi connectivity index (χ4n) is 2.64. The Labute approximate surface area is 140 Å². The predicted octanol–water partition coefficient (Wildman–Crippen LogP) is 3.01. The number of amides is 1. The average molecular weight is 323 g/mol. The molecule has 0 radical (unpaired) electrons. The van der Waals surface area contributed by atoms with Crippen LogP contribution in [-0.4, -0.2) is 17.7 Å². The highest BCUT2D eigenvalue weighted by Crippen LogP contribution is 2.51. The van der Waals surface area contributed by atoms with Gasteiger partial charge in [0.15, 0.2) is 11.5 Å². The first kappa shape index (κ1) is 15.8. The summed E-state index contributed by atoms with van der Waals surface area (Å²) in [4.78, 5) is 16.7. The maximum atomic E-state index is 12.6. The zero-order valence-corrected chi connectivity index (χ0v) is 13.3. The molecule has 0 spiro atoms. The van der Waals surface area contributed by atoms with Crippen LogP contribution in [0.3, 0.4) is 0 Å². The number of pyridine rings is 1. The van der Waals surface area contributed by atoms with Crippen molar-refractivity contribution >= 4 is 11.7 Å². The number of aromatic nitrogens is 1. The first-order valence-electron chi connectivity index (χ1n) is 7.63. The van der Waals surface area contributed by atoms with Gasteiger partial charge in [0, 0.05) is 13.1 Å². The van der Waals surface area contributed by atoms with Crippen molar-refractivity contribution in [3.05, 3.63) is 48.2 Å². The summed E-state index contributed by atoms with van der Waals surface area (Å²) < 4.78 is 10.7. The van der Waals surface area contributed by atoms with Crippen LogP contribution in [0.1, 0.15) is 25.3 Å². The number of nitriles is 1. The van der Waals surface area contributed by atoms with Crippen LogP contribution < -0.4 is 14.8 Å². The lowest BCUT2D eigenvalue weighted by molar-refractivity contribution is -0.118. The van der Waals surface area contributed by atoms with Gasteiger partial charge in [-0.3, -0.25) is 4.79 Å². The Balaban J connectivity index is 0.000000526. The molecule has 1 fully saturated rings. The molecule has 2 aromatic rings. The van der Waals surface area contributed by atoms with E-state index in [1.807, 2.05) is 30.3 Å². The third-order valence-electron chi connectivity index (χ3n) is 4.02. The molecule has 4 rings (SSSR count). The number of fused-ring (bicyclic) bond motifs is 1. The molecule has 122 valence electrons. The standard InChI is InChI=1S/C16H14N2O3.C2H3N/c19-15(18-14-3-1-2-8-17-14)16(6-7-16)11-4-5-12-13(9-11)21-10-20-12;1-2-3/h1-5,8-9H,6-7,10H2,(H,17,18,19);1H3. The highest BCUT2D eigenvalue weighted by Gasteiger charge is 2.51. The highest BCUT2D eigenvalue weighted by atomic mass is 16.7. The third kappa shape index (κ3) is 3.01. The monoisotopic (exact) mass is 323 g/mol. The van der Waals surface area contributed by atoms with Crippen molar-refractivity contribution in [2.75, 3.05) is 12.1 Å². The summed E-state index contributed by atoms with van der Waals surface area (Å²) in [6, 6.07) is 12.9. The lowest BCUT2D eigenvalue weighted by atomic mass is 9.94. The smallest absolute Gasteiger partial charge is 0.236 e. The lowest BCUT2D eigenvalue weighted by Crippen LogP contribution is -2.28. The summed E-state index contributed by atoms with van der Waals surface area (Å²) in [5.41, 5.74) is 0.513. The third-order valence-corrected chi connectivity index (χ3v) is 4.02. The first-order valence-corrected chi connectivity index (χ1v) is 7.63. The molecule has 0 atom stereocenters. The van der Waals surface area contributed by atoms with Crippen LogP contribution in [0.15, 0.2) is 42.6 Å². The average Bonchev–Trinajstić information content (AvgIpc) is 3.28. The van der Waals surface area contributed by atoms with E-state index in [2.05, 4.69) is 10.3 Å². The molecule has 0 bridgehead atoms.